The molecular weight excluding hydrogens is 388 g/mol. The summed E-state index contributed by atoms with van der Waals surface area (Å²) in [5.41, 5.74) is 2.58. The van der Waals surface area contributed by atoms with Gasteiger partial charge < -0.3 is 29.2 Å². The average Bonchev–Trinajstić information content (AvgIpc) is 3.41. The number of aliphatic hydroxyl groups excluding tert-OH is 2. The van der Waals surface area contributed by atoms with Gasteiger partial charge in [-0.15, -0.1) is 0 Å². The molecule has 30 heavy (non-hydrogen) atoms. The Labute approximate surface area is 173 Å². The second kappa shape index (κ2) is 8.05. The molecule has 1 aromatic carbocycles. The van der Waals surface area contributed by atoms with Crippen molar-refractivity contribution in [3.63, 3.8) is 0 Å². The first kappa shape index (κ1) is 19.0. The monoisotopic (exact) mass is 412 g/mol. The highest BCUT2D eigenvalue weighted by Gasteiger charge is 2.23. The lowest BCUT2D eigenvalue weighted by Gasteiger charge is -2.35. The zero-order valence-corrected chi connectivity index (χ0v) is 16.5. The molecule has 2 N–H and O–H groups in total. The fourth-order valence-corrected chi connectivity index (χ4v) is 3.93. The molecule has 0 radical (unpaired) electrons. The number of anilines is 1. The van der Waals surface area contributed by atoms with Crippen LogP contribution in [0.4, 0.5) is 5.82 Å². The molecule has 3 aromatic rings. The van der Waals surface area contributed by atoms with Gasteiger partial charge in [-0.05, 0) is 17.7 Å². The normalized spacial score (nSPS) is 17.6. The molecule has 5 rings (SSSR count). The summed E-state index contributed by atoms with van der Waals surface area (Å²) in [4.78, 5) is 17.9. The Kier molecular flexibility index (Phi) is 5.11. The van der Waals surface area contributed by atoms with Gasteiger partial charge in [0.05, 0.1) is 25.6 Å². The molecule has 0 bridgehead atoms. The van der Waals surface area contributed by atoms with Crippen LogP contribution in [0.15, 0.2) is 30.9 Å². The van der Waals surface area contributed by atoms with Crippen LogP contribution in [0.5, 0.6) is 11.5 Å². The van der Waals surface area contributed by atoms with Crippen LogP contribution in [0.3, 0.4) is 0 Å². The zero-order valence-electron chi connectivity index (χ0n) is 16.5. The summed E-state index contributed by atoms with van der Waals surface area (Å²) in [6, 6.07) is 6.10. The molecule has 0 amide bonds. The maximum Gasteiger partial charge on any atom is 0.231 e. The van der Waals surface area contributed by atoms with Gasteiger partial charge in [0.1, 0.15) is 6.33 Å². The van der Waals surface area contributed by atoms with Crippen molar-refractivity contribution >= 4 is 17.0 Å². The van der Waals surface area contributed by atoms with E-state index in [1.807, 2.05) is 6.07 Å². The number of ether oxygens (including phenoxy) is 2. The summed E-state index contributed by atoms with van der Waals surface area (Å²) in [6.45, 7) is 4.58. The van der Waals surface area contributed by atoms with E-state index in [2.05, 4.69) is 36.9 Å². The first-order valence-corrected chi connectivity index (χ1v) is 10.0. The molecular formula is C20H24N6O4. The maximum absolute atomic E-state index is 9.74. The van der Waals surface area contributed by atoms with Crippen molar-refractivity contribution < 1.29 is 19.7 Å². The minimum atomic E-state index is -0.847. The molecule has 0 spiro atoms. The fourth-order valence-electron chi connectivity index (χ4n) is 3.93. The summed E-state index contributed by atoms with van der Waals surface area (Å²) >= 11 is 0. The van der Waals surface area contributed by atoms with E-state index < -0.39 is 6.10 Å². The third-order valence-corrected chi connectivity index (χ3v) is 5.52. The van der Waals surface area contributed by atoms with Gasteiger partial charge >= 0.3 is 0 Å². The molecule has 2 aliphatic rings. The van der Waals surface area contributed by atoms with Gasteiger partial charge in [0.15, 0.2) is 28.5 Å². The zero-order chi connectivity index (χ0) is 20.5. The lowest BCUT2D eigenvalue weighted by molar-refractivity contribution is 0.0820. The lowest BCUT2D eigenvalue weighted by atomic mass is 10.1. The molecule has 2 aliphatic heterocycles. The summed E-state index contributed by atoms with van der Waals surface area (Å²) in [6.07, 6.45) is 2.32. The molecule has 10 heteroatoms. The molecule has 158 valence electrons. The van der Waals surface area contributed by atoms with Crippen molar-refractivity contribution in [2.75, 3.05) is 44.5 Å². The Morgan fingerprint density at radius 2 is 1.87 bits per heavy atom. The van der Waals surface area contributed by atoms with E-state index in [9.17, 15) is 5.11 Å². The first-order chi connectivity index (χ1) is 14.7. The third-order valence-electron chi connectivity index (χ3n) is 5.52. The van der Waals surface area contributed by atoms with Crippen LogP contribution in [0.2, 0.25) is 0 Å². The smallest absolute Gasteiger partial charge is 0.231 e. The van der Waals surface area contributed by atoms with E-state index in [1.165, 1.54) is 11.9 Å². The number of rotatable bonds is 6. The van der Waals surface area contributed by atoms with Gasteiger partial charge in [-0.1, -0.05) is 6.07 Å². The highest BCUT2D eigenvalue weighted by Crippen LogP contribution is 2.33. The fraction of sp³-hybridized carbons (Fsp3) is 0.450. The predicted octanol–water partition coefficient (Wildman–Crippen LogP) is 0.230. The van der Waals surface area contributed by atoms with Crippen LogP contribution in [0, 0.1) is 0 Å². The second-order valence-corrected chi connectivity index (χ2v) is 7.55. The number of imidazole rings is 1. The van der Waals surface area contributed by atoms with E-state index in [4.69, 9.17) is 14.6 Å². The summed E-state index contributed by atoms with van der Waals surface area (Å²) in [5, 5.41) is 18.8. The number of fused-ring (bicyclic) bond motifs is 2. The van der Waals surface area contributed by atoms with E-state index in [0.29, 0.717) is 18.0 Å². The molecule has 2 aromatic heterocycles. The lowest BCUT2D eigenvalue weighted by Crippen LogP contribution is -2.46. The molecule has 10 nitrogen and oxygen atoms in total. The Balaban J connectivity index is 1.26. The summed E-state index contributed by atoms with van der Waals surface area (Å²) in [7, 11) is 0. The predicted molar refractivity (Wildman–Crippen MR) is 108 cm³/mol. The maximum atomic E-state index is 9.74. The Hall–Kier alpha value is -2.95. The van der Waals surface area contributed by atoms with Gasteiger partial charge in [-0.25, -0.2) is 15.0 Å². The van der Waals surface area contributed by atoms with Crippen molar-refractivity contribution in [2.24, 2.45) is 0 Å². The number of benzene rings is 1. The molecule has 1 atom stereocenters. The molecule has 1 saturated heterocycles. The molecule has 4 heterocycles. The number of nitrogens with zero attached hydrogens (tertiary/aromatic N) is 6. The van der Waals surface area contributed by atoms with Gasteiger partial charge in [-0.2, -0.15) is 0 Å². The van der Waals surface area contributed by atoms with Crippen LogP contribution in [0.25, 0.3) is 11.2 Å². The van der Waals surface area contributed by atoms with Crippen molar-refractivity contribution in [2.45, 2.75) is 19.2 Å². The Morgan fingerprint density at radius 1 is 1.03 bits per heavy atom. The minimum absolute atomic E-state index is 0.243. The number of hydrogen-bond acceptors (Lipinski definition) is 9. The first-order valence-electron chi connectivity index (χ1n) is 10.0. The molecule has 0 aliphatic carbocycles. The van der Waals surface area contributed by atoms with E-state index in [-0.39, 0.29) is 13.2 Å². The van der Waals surface area contributed by atoms with Crippen LogP contribution in [-0.2, 0) is 13.1 Å². The van der Waals surface area contributed by atoms with Crippen LogP contribution < -0.4 is 14.4 Å². The van der Waals surface area contributed by atoms with Gasteiger partial charge in [0, 0.05) is 32.7 Å². The standard InChI is InChI=1S/C20H24N6O4/c27-10-15(28)9-26-12-23-18-19(21-11-22-20(18)26)25-5-3-24(4-6-25)8-14-1-2-16-17(7-14)30-13-29-16/h1-2,7,11-12,15,27-28H,3-6,8-10,13H2. The van der Waals surface area contributed by atoms with Crippen LogP contribution in [-0.4, -0.2) is 80.3 Å². The number of hydrogen-bond donors (Lipinski definition) is 2. The summed E-state index contributed by atoms with van der Waals surface area (Å²) < 4.78 is 12.6. The van der Waals surface area contributed by atoms with Crippen molar-refractivity contribution in [3.8, 4) is 11.5 Å². The quantitative estimate of drug-likeness (QED) is 0.588. The number of aromatic nitrogens is 4. The Morgan fingerprint density at radius 3 is 2.70 bits per heavy atom. The second-order valence-electron chi connectivity index (χ2n) is 7.55. The molecule has 1 fully saturated rings. The van der Waals surface area contributed by atoms with Gasteiger partial charge in [0.2, 0.25) is 6.79 Å². The van der Waals surface area contributed by atoms with E-state index >= 15 is 0 Å². The molecule has 1 unspecified atom stereocenters. The third kappa shape index (κ3) is 3.64. The van der Waals surface area contributed by atoms with E-state index in [1.54, 1.807) is 10.9 Å². The van der Waals surface area contributed by atoms with Gasteiger partial charge in [-0.3, -0.25) is 4.90 Å². The topological polar surface area (TPSA) is 109 Å². The van der Waals surface area contributed by atoms with Crippen molar-refractivity contribution in [1.29, 1.82) is 0 Å². The average molecular weight is 412 g/mol. The Bertz CT molecular complexity index is 1030. The number of aliphatic hydroxyl groups is 2. The van der Waals surface area contributed by atoms with Crippen molar-refractivity contribution in [3.05, 3.63) is 36.4 Å². The van der Waals surface area contributed by atoms with Crippen LogP contribution in [0.1, 0.15) is 5.56 Å². The number of piperazine rings is 1. The summed E-state index contributed by atoms with van der Waals surface area (Å²) in [5.74, 6) is 2.43. The SMILES string of the molecule is OCC(O)Cn1cnc2c(N3CCN(Cc4ccc5c(c4)OCO5)CC3)ncnc21. The van der Waals surface area contributed by atoms with Gasteiger partial charge in [0.25, 0.3) is 0 Å². The molecule has 0 saturated carbocycles. The highest BCUT2D eigenvalue weighted by atomic mass is 16.7. The van der Waals surface area contributed by atoms with E-state index in [0.717, 1.165) is 50.0 Å². The largest absolute Gasteiger partial charge is 0.454 e. The van der Waals surface area contributed by atoms with Crippen molar-refractivity contribution in [1.82, 2.24) is 24.4 Å². The minimum Gasteiger partial charge on any atom is -0.454 e. The van der Waals surface area contributed by atoms with Crippen LogP contribution >= 0.6 is 0 Å². The highest BCUT2D eigenvalue weighted by molar-refractivity contribution is 5.83.